The number of halogens is 1. The predicted molar refractivity (Wildman–Crippen MR) is 101 cm³/mol. The Hall–Kier alpha value is -3.22. The lowest BCUT2D eigenvalue weighted by Gasteiger charge is -2.23. The SMILES string of the molecule is C[C@@]1(c2ccc3c(c2)CCC3)NC(=O)N(CC(=O)Nc2ccc(F)cc2)C1=O. The minimum atomic E-state index is -1.20. The molecule has 0 saturated carbocycles. The van der Waals surface area contributed by atoms with Gasteiger partial charge in [-0.1, -0.05) is 18.2 Å². The number of anilines is 1. The Kier molecular flexibility index (Phi) is 4.37. The summed E-state index contributed by atoms with van der Waals surface area (Å²) in [7, 11) is 0. The maximum absolute atomic E-state index is 13.0. The van der Waals surface area contributed by atoms with E-state index < -0.39 is 35.7 Å². The zero-order chi connectivity index (χ0) is 19.9. The summed E-state index contributed by atoms with van der Waals surface area (Å²) in [5.41, 5.74) is 2.38. The number of benzene rings is 2. The average molecular weight is 381 g/mol. The average Bonchev–Trinajstić information content (AvgIpc) is 3.22. The third-order valence-corrected chi connectivity index (χ3v) is 5.38. The third-order valence-electron chi connectivity index (χ3n) is 5.38. The minimum Gasteiger partial charge on any atom is -0.325 e. The van der Waals surface area contributed by atoms with Gasteiger partial charge in [-0.2, -0.15) is 0 Å². The van der Waals surface area contributed by atoms with Crippen LogP contribution in [0.1, 0.15) is 30.0 Å². The summed E-state index contributed by atoms with van der Waals surface area (Å²) >= 11 is 0. The number of aryl methyl sites for hydroxylation is 2. The molecule has 2 aromatic carbocycles. The smallest absolute Gasteiger partial charge is 0.325 e. The number of amides is 4. The molecule has 2 aliphatic rings. The van der Waals surface area contributed by atoms with Crippen molar-refractivity contribution in [2.24, 2.45) is 0 Å². The van der Waals surface area contributed by atoms with Crippen molar-refractivity contribution < 1.29 is 18.8 Å². The van der Waals surface area contributed by atoms with Crippen molar-refractivity contribution in [2.45, 2.75) is 31.7 Å². The summed E-state index contributed by atoms with van der Waals surface area (Å²) in [4.78, 5) is 38.6. The summed E-state index contributed by atoms with van der Waals surface area (Å²) in [6.45, 7) is 1.24. The van der Waals surface area contributed by atoms with Gasteiger partial charge in [0.05, 0.1) is 0 Å². The molecule has 4 amide bonds. The fourth-order valence-corrected chi connectivity index (χ4v) is 3.80. The number of carbonyl (C=O) groups excluding carboxylic acids is 3. The van der Waals surface area contributed by atoms with E-state index in [0.29, 0.717) is 11.3 Å². The van der Waals surface area contributed by atoms with Crippen molar-refractivity contribution in [3.8, 4) is 0 Å². The molecular formula is C21H20FN3O3. The third kappa shape index (κ3) is 3.13. The molecule has 0 unspecified atom stereocenters. The highest BCUT2D eigenvalue weighted by Gasteiger charge is 2.49. The molecule has 0 aromatic heterocycles. The molecule has 0 bridgehead atoms. The van der Waals surface area contributed by atoms with Gasteiger partial charge < -0.3 is 10.6 Å². The predicted octanol–water partition coefficient (Wildman–Crippen LogP) is 2.72. The number of fused-ring (bicyclic) bond motifs is 1. The number of hydrogen-bond acceptors (Lipinski definition) is 3. The highest BCUT2D eigenvalue weighted by atomic mass is 19.1. The van der Waals surface area contributed by atoms with E-state index in [2.05, 4.69) is 10.6 Å². The van der Waals surface area contributed by atoms with Crippen molar-refractivity contribution in [3.05, 3.63) is 65.0 Å². The first-order chi connectivity index (χ1) is 13.4. The summed E-state index contributed by atoms with van der Waals surface area (Å²) in [5.74, 6) is -1.42. The minimum absolute atomic E-state index is 0.389. The van der Waals surface area contributed by atoms with Crippen LogP contribution in [-0.2, 0) is 28.0 Å². The van der Waals surface area contributed by atoms with Gasteiger partial charge in [-0.15, -0.1) is 0 Å². The van der Waals surface area contributed by atoms with E-state index in [1.165, 1.54) is 35.4 Å². The number of hydrogen-bond donors (Lipinski definition) is 2. The molecule has 1 aliphatic carbocycles. The maximum Gasteiger partial charge on any atom is 0.325 e. The van der Waals surface area contributed by atoms with E-state index in [9.17, 15) is 18.8 Å². The second-order valence-electron chi connectivity index (χ2n) is 7.34. The van der Waals surface area contributed by atoms with Crippen molar-refractivity contribution in [2.75, 3.05) is 11.9 Å². The van der Waals surface area contributed by atoms with Crippen LogP contribution in [0.4, 0.5) is 14.9 Å². The lowest BCUT2D eigenvalue weighted by atomic mass is 9.89. The van der Waals surface area contributed by atoms with E-state index in [-0.39, 0.29) is 0 Å². The molecule has 1 heterocycles. The highest BCUT2D eigenvalue weighted by Crippen LogP contribution is 2.32. The molecule has 2 N–H and O–H groups in total. The first kappa shape index (κ1) is 18.2. The first-order valence-corrected chi connectivity index (χ1v) is 9.18. The van der Waals surface area contributed by atoms with Gasteiger partial charge in [-0.05, 0) is 67.1 Å². The van der Waals surface area contributed by atoms with Crippen LogP contribution in [0.25, 0.3) is 0 Å². The van der Waals surface area contributed by atoms with Gasteiger partial charge in [0.15, 0.2) is 0 Å². The molecule has 1 aliphatic heterocycles. The molecule has 7 heteroatoms. The molecule has 6 nitrogen and oxygen atoms in total. The van der Waals surface area contributed by atoms with E-state index in [1.54, 1.807) is 6.92 Å². The van der Waals surface area contributed by atoms with Gasteiger partial charge in [0.25, 0.3) is 5.91 Å². The number of nitrogens with one attached hydrogen (secondary N) is 2. The molecule has 1 fully saturated rings. The second-order valence-corrected chi connectivity index (χ2v) is 7.34. The molecule has 1 saturated heterocycles. The topological polar surface area (TPSA) is 78.5 Å². The Bertz CT molecular complexity index is 973. The Labute approximate surface area is 161 Å². The van der Waals surface area contributed by atoms with Crippen molar-refractivity contribution in [3.63, 3.8) is 0 Å². The fraction of sp³-hybridized carbons (Fsp3) is 0.286. The Morgan fingerprint density at radius 3 is 2.61 bits per heavy atom. The van der Waals surface area contributed by atoms with Crippen LogP contribution < -0.4 is 10.6 Å². The van der Waals surface area contributed by atoms with Crippen LogP contribution in [-0.4, -0.2) is 29.3 Å². The molecule has 4 rings (SSSR count). The van der Waals surface area contributed by atoms with Crippen LogP contribution in [0, 0.1) is 5.82 Å². The lowest BCUT2D eigenvalue weighted by Crippen LogP contribution is -2.42. The number of rotatable bonds is 4. The van der Waals surface area contributed by atoms with Crippen LogP contribution in [0.15, 0.2) is 42.5 Å². The number of nitrogens with zero attached hydrogens (tertiary/aromatic N) is 1. The number of carbonyl (C=O) groups is 3. The van der Waals surface area contributed by atoms with Gasteiger partial charge in [-0.3, -0.25) is 14.5 Å². The Morgan fingerprint density at radius 2 is 1.86 bits per heavy atom. The molecule has 2 aromatic rings. The molecule has 0 spiro atoms. The lowest BCUT2D eigenvalue weighted by molar-refractivity contribution is -0.133. The van der Waals surface area contributed by atoms with E-state index >= 15 is 0 Å². The molecule has 144 valence electrons. The zero-order valence-corrected chi connectivity index (χ0v) is 15.4. The van der Waals surface area contributed by atoms with Crippen LogP contribution in [0.2, 0.25) is 0 Å². The highest BCUT2D eigenvalue weighted by molar-refractivity contribution is 6.10. The van der Waals surface area contributed by atoms with Crippen molar-refractivity contribution in [1.82, 2.24) is 10.2 Å². The summed E-state index contributed by atoms with van der Waals surface area (Å²) in [6.07, 6.45) is 3.08. The van der Waals surface area contributed by atoms with Gasteiger partial charge in [0.2, 0.25) is 5.91 Å². The monoisotopic (exact) mass is 381 g/mol. The summed E-state index contributed by atoms with van der Waals surface area (Å²) in [6, 6.07) is 10.5. The Morgan fingerprint density at radius 1 is 1.14 bits per heavy atom. The molecule has 1 atom stereocenters. The number of imide groups is 1. The largest absolute Gasteiger partial charge is 0.325 e. The van der Waals surface area contributed by atoms with Gasteiger partial charge in [-0.25, -0.2) is 9.18 Å². The molecule has 0 radical (unpaired) electrons. The van der Waals surface area contributed by atoms with Crippen LogP contribution in [0.5, 0.6) is 0 Å². The van der Waals surface area contributed by atoms with Crippen LogP contribution >= 0.6 is 0 Å². The second kappa shape index (κ2) is 6.74. The van der Waals surface area contributed by atoms with Gasteiger partial charge >= 0.3 is 6.03 Å². The van der Waals surface area contributed by atoms with E-state index in [0.717, 1.165) is 24.2 Å². The quantitative estimate of drug-likeness (QED) is 0.800. The first-order valence-electron chi connectivity index (χ1n) is 9.18. The standard InChI is InChI=1S/C21H20FN3O3/c1-21(15-6-5-13-3-2-4-14(13)11-15)19(27)25(20(28)24-21)12-18(26)23-17-9-7-16(22)8-10-17/h5-11H,2-4,12H2,1H3,(H,23,26)(H,24,28)/t21-/m0/s1. The van der Waals surface area contributed by atoms with E-state index in [4.69, 9.17) is 0 Å². The maximum atomic E-state index is 13.0. The van der Waals surface area contributed by atoms with Crippen molar-refractivity contribution >= 4 is 23.5 Å². The fourth-order valence-electron chi connectivity index (χ4n) is 3.80. The van der Waals surface area contributed by atoms with Gasteiger partial charge in [0, 0.05) is 5.69 Å². The normalized spacial score (nSPS) is 20.9. The Balaban J connectivity index is 1.50. The van der Waals surface area contributed by atoms with E-state index in [1.807, 2.05) is 18.2 Å². The summed E-state index contributed by atoms with van der Waals surface area (Å²) in [5, 5.41) is 5.28. The molecule has 28 heavy (non-hydrogen) atoms. The number of urea groups is 1. The van der Waals surface area contributed by atoms with Gasteiger partial charge in [0.1, 0.15) is 17.9 Å². The summed E-state index contributed by atoms with van der Waals surface area (Å²) < 4.78 is 13.0. The zero-order valence-electron chi connectivity index (χ0n) is 15.4. The van der Waals surface area contributed by atoms with Crippen LogP contribution in [0.3, 0.4) is 0 Å². The molecular weight excluding hydrogens is 361 g/mol. The van der Waals surface area contributed by atoms with Crippen molar-refractivity contribution in [1.29, 1.82) is 0 Å².